The van der Waals surface area contributed by atoms with E-state index >= 15 is 0 Å². The van der Waals surface area contributed by atoms with Crippen molar-refractivity contribution >= 4 is 32.9 Å². The normalized spacial score (nSPS) is 19.8. The maximum atomic E-state index is 12.0. The Labute approximate surface area is 157 Å². The minimum absolute atomic E-state index is 0.378. The molecule has 2 heterocycles. The highest BCUT2D eigenvalue weighted by Crippen LogP contribution is 2.35. The van der Waals surface area contributed by atoms with Gasteiger partial charge in [-0.1, -0.05) is 31.4 Å². The van der Waals surface area contributed by atoms with Crippen LogP contribution in [0.3, 0.4) is 0 Å². The van der Waals surface area contributed by atoms with E-state index in [0.717, 1.165) is 20.4 Å². The quantitative estimate of drug-likeness (QED) is 0.731. The van der Waals surface area contributed by atoms with E-state index in [1.165, 1.54) is 49.6 Å². The zero-order chi connectivity index (χ0) is 18.1. The largest absolute Gasteiger partial charge is 0.493 e. The van der Waals surface area contributed by atoms with E-state index < -0.39 is 10.2 Å². The highest BCUT2D eigenvalue weighted by atomic mass is 32.2. The van der Waals surface area contributed by atoms with Crippen LogP contribution in [-0.2, 0) is 10.2 Å². The van der Waals surface area contributed by atoms with Gasteiger partial charge in [0.1, 0.15) is 0 Å². The number of thiophene rings is 1. The molecule has 1 aliphatic carbocycles. The van der Waals surface area contributed by atoms with Crippen LogP contribution in [0.5, 0.6) is 0 Å². The van der Waals surface area contributed by atoms with Gasteiger partial charge in [0.15, 0.2) is 0 Å². The molecular formula is C18H21N3O3S2. The Bertz CT molecular complexity index is 931. The fourth-order valence-corrected chi connectivity index (χ4v) is 5.42. The summed E-state index contributed by atoms with van der Waals surface area (Å²) in [4.78, 5) is 0.974. The number of nitrogens with zero attached hydrogens (tertiary/aromatic N) is 1. The van der Waals surface area contributed by atoms with E-state index in [4.69, 9.17) is 0 Å². The second kappa shape index (κ2) is 6.85. The molecule has 6 nitrogen and oxygen atoms in total. The molecule has 138 valence electrons. The van der Waals surface area contributed by atoms with Crippen molar-refractivity contribution < 1.29 is 13.5 Å². The lowest BCUT2D eigenvalue weighted by atomic mass is 9.95. The maximum Gasteiger partial charge on any atom is 0.330 e. The lowest BCUT2D eigenvalue weighted by Gasteiger charge is -2.24. The Morgan fingerprint density at radius 2 is 2.00 bits per heavy atom. The maximum absolute atomic E-state index is 12.0. The highest BCUT2D eigenvalue weighted by molar-refractivity contribution is 7.91. The fourth-order valence-electron chi connectivity index (χ4n) is 3.44. The molecule has 1 aliphatic heterocycles. The van der Waals surface area contributed by atoms with E-state index in [9.17, 15) is 13.5 Å². The van der Waals surface area contributed by atoms with Crippen molar-refractivity contribution in [3.63, 3.8) is 0 Å². The predicted octanol–water partition coefficient (Wildman–Crippen LogP) is 4.17. The van der Waals surface area contributed by atoms with Gasteiger partial charge in [0.25, 0.3) is 0 Å². The number of aliphatic hydroxyl groups excluding tert-OH is 1. The third-order valence-corrected chi connectivity index (χ3v) is 6.96. The lowest BCUT2D eigenvalue weighted by Crippen LogP contribution is -2.29. The van der Waals surface area contributed by atoms with Crippen LogP contribution in [0.15, 0.2) is 47.8 Å². The van der Waals surface area contributed by atoms with E-state index in [1.54, 1.807) is 5.38 Å². The van der Waals surface area contributed by atoms with Crippen molar-refractivity contribution in [2.24, 2.45) is 0 Å². The molecule has 2 aliphatic rings. The standard InChI is InChI=1S/C18H21N3O3S2/c22-18-11-21(26(23,24)20-18)16-10-17(25-12-16)13-5-4-8-15(9-13)19-14-6-2-1-3-7-14/h4-5,8-12,14,19-20,22H,1-3,6-7H2. The van der Waals surface area contributed by atoms with Crippen LogP contribution in [0, 0.1) is 0 Å². The molecule has 0 unspecified atom stereocenters. The van der Waals surface area contributed by atoms with Gasteiger partial charge < -0.3 is 10.4 Å². The first-order valence-corrected chi connectivity index (χ1v) is 11.0. The molecule has 1 aromatic carbocycles. The third-order valence-electron chi connectivity index (χ3n) is 4.70. The van der Waals surface area contributed by atoms with E-state index in [2.05, 4.69) is 22.2 Å². The van der Waals surface area contributed by atoms with Crippen molar-refractivity contribution in [1.82, 2.24) is 4.72 Å². The van der Waals surface area contributed by atoms with Gasteiger partial charge in [0.2, 0.25) is 5.88 Å². The zero-order valence-corrected chi connectivity index (χ0v) is 15.8. The minimum Gasteiger partial charge on any atom is -0.493 e. The van der Waals surface area contributed by atoms with Gasteiger partial charge >= 0.3 is 10.2 Å². The van der Waals surface area contributed by atoms with E-state index in [0.29, 0.717) is 11.7 Å². The number of aliphatic hydroxyl groups is 1. The molecular weight excluding hydrogens is 370 g/mol. The van der Waals surface area contributed by atoms with E-state index in [1.807, 2.05) is 18.2 Å². The van der Waals surface area contributed by atoms with Gasteiger partial charge in [-0.2, -0.15) is 8.42 Å². The number of nitrogens with one attached hydrogen (secondary N) is 2. The first-order valence-electron chi connectivity index (χ1n) is 8.70. The van der Waals surface area contributed by atoms with Crippen LogP contribution in [0.25, 0.3) is 10.4 Å². The van der Waals surface area contributed by atoms with Crippen LogP contribution >= 0.6 is 11.3 Å². The topological polar surface area (TPSA) is 81.7 Å². The van der Waals surface area contributed by atoms with Crippen molar-refractivity contribution in [2.45, 2.75) is 38.1 Å². The molecule has 26 heavy (non-hydrogen) atoms. The summed E-state index contributed by atoms with van der Waals surface area (Å²) in [6, 6.07) is 10.6. The molecule has 0 spiro atoms. The number of anilines is 2. The van der Waals surface area contributed by atoms with Gasteiger partial charge in [0.05, 0.1) is 11.9 Å². The average Bonchev–Trinajstić information content (AvgIpc) is 3.19. The van der Waals surface area contributed by atoms with Crippen molar-refractivity contribution in [2.75, 3.05) is 9.62 Å². The van der Waals surface area contributed by atoms with Gasteiger partial charge in [-0.05, 0) is 36.6 Å². The molecule has 1 saturated carbocycles. The Morgan fingerprint density at radius 3 is 2.73 bits per heavy atom. The fraction of sp³-hybridized carbons (Fsp3) is 0.333. The number of hydrogen-bond acceptors (Lipinski definition) is 5. The summed E-state index contributed by atoms with van der Waals surface area (Å²) in [5.74, 6) is -0.378. The molecule has 1 aromatic heterocycles. The first kappa shape index (κ1) is 17.2. The van der Waals surface area contributed by atoms with Crippen molar-refractivity contribution in [1.29, 1.82) is 0 Å². The van der Waals surface area contributed by atoms with Crippen LogP contribution in [0.2, 0.25) is 0 Å². The summed E-state index contributed by atoms with van der Waals surface area (Å²) >= 11 is 1.47. The van der Waals surface area contributed by atoms with Crippen LogP contribution in [-0.4, -0.2) is 19.6 Å². The smallest absolute Gasteiger partial charge is 0.330 e. The Morgan fingerprint density at radius 1 is 1.19 bits per heavy atom. The van der Waals surface area contributed by atoms with Crippen molar-refractivity contribution in [3.8, 4) is 10.4 Å². The van der Waals surface area contributed by atoms with Gasteiger partial charge in [0, 0.05) is 22.0 Å². The Balaban J connectivity index is 1.55. The SMILES string of the molecule is O=S1(=O)NC(O)=CN1c1csc(-c2cccc(NC3CCCCC3)c2)c1. The summed E-state index contributed by atoms with van der Waals surface area (Å²) in [5.41, 5.74) is 2.64. The second-order valence-electron chi connectivity index (χ2n) is 6.65. The molecule has 0 atom stereocenters. The molecule has 4 rings (SSSR count). The minimum atomic E-state index is -3.75. The zero-order valence-electron chi connectivity index (χ0n) is 14.2. The second-order valence-corrected chi connectivity index (χ2v) is 9.11. The molecule has 2 aromatic rings. The Kier molecular flexibility index (Phi) is 4.54. The van der Waals surface area contributed by atoms with Crippen LogP contribution in [0.4, 0.5) is 11.4 Å². The van der Waals surface area contributed by atoms with Gasteiger partial charge in [-0.15, -0.1) is 11.3 Å². The molecule has 0 saturated heterocycles. The summed E-state index contributed by atoms with van der Waals surface area (Å²) in [7, 11) is -3.75. The van der Waals surface area contributed by atoms with Gasteiger partial charge in [-0.3, -0.25) is 0 Å². The third kappa shape index (κ3) is 3.52. The Hall–Kier alpha value is -2.19. The summed E-state index contributed by atoms with van der Waals surface area (Å²) < 4.78 is 27.1. The molecule has 8 heteroatoms. The molecule has 0 radical (unpaired) electrons. The monoisotopic (exact) mass is 391 g/mol. The average molecular weight is 392 g/mol. The number of hydrogen-bond donors (Lipinski definition) is 3. The predicted molar refractivity (Wildman–Crippen MR) is 105 cm³/mol. The molecule has 0 amide bonds. The highest BCUT2D eigenvalue weighted by Gasteiger charge is 2.29. The van der Waals surface area contributed by atoms with Gasteiger partial charge in [-0.25, -0.2) is 9.03 Å². The summed E-state index contributed by atoms with van der Waals surface area (Å²) in [6.07, 6.45) is 7.48. The summed E-state index contributed by atoms with van der Waals surface area (Å²) in [5, 5.41) is 14.8. The van der Waals surface area contributed by atoms with Crippen molar-refractivity contribution in [3.05, 3.63) is 47.8 Å². The van der Waals surface area contributed by atoms with Crippen LogP contribution < -0.4 is 14.3 Å². The number of benzene rings is 1. The molecule has 3 N–H and O–H groups in total. The number of rotatable bonds is 4. The molecule has 0 bridgehead atoms. The van der Waals surface area contributed by atoms with Crippen LogP contribution in [0.1, 0.15) is 32.1 Å². The molecule has 1 fully saturated rings. The summed E-state index contributed by atoms with van der Waals surface area (Å²) in [6.45, 7) is 0. The van der Waals surface area contributed by atoms with E-state index in [-0.39, 0.29) is 5.88 Å². The lowest BCUT2D eigenvalue weighted by molar-refractivity contribution is 0.392. The first-order chi connectivity index (χ1) is 12.5.